The maximum Gasteiger partial charge on any atom is 0.146 e. The molecule has 0 saturated heterocycles. The van der Waals surface area contributed by atoms with Crippen molar-refractivity contribution in [3.05, 3.63) is 41.9 Å². The predicted octanol–water partition coefficient (Wildman–Crippen LogP) is 3.82. The van der Waals surface area contributed by atoms with Gasteiger partial charge in [-0.25, -0.2) is 4.39 Å². The van der Waals surface area contributed by atoms with E-state index in [1.165, 1.54) is 12.3 Å². The Hall–Kier alpha value is -1.64. The summed E-state index contributed by atoms with van der Waals surface area (Å²) in [6.07, 6.45) is 3.96. The molecule has 0 aliphatic carbocycles. The highest BCUT2D eigenvalue weighted by atomic mass is 19.1. The summed E-state index contributed by atoms with van der Waals surface area (Å²) in [5.74, 6) is 0.0176. The number of hydrogen-bond donors (Lipinski definition) is 2. The molecule has 0 aliphatic rings. The number of anilines is 1. The Morgan fingerprint density at radius 2 is 2.19 bits per heavy atom. The van der Waals surface area contributed by atoms with Gasteiger partial charge in [-0.3, -0.25) is 0 Å². The third kappa shape index (κ3) is 3.19. The van der Waals surface area contributed by atoms with E-state index < -0.39 is 0 Å². The standard InChI is InChI=1S/C13H17FN2/c1-3-10(2)11(8-15)9-16-13-7-5-4-6-12(13)14/h4-10,15-16H,3H2,1-2H3/b11-9+,15-8?/t10-/m1/s1. The second-order valence-electron chi connectivity index (χ2n) is 3.72. The first-order valence-corrected chi connectivity index (χ1v) is 5.40. The van der Waals surface area contributed by atoms with Crippen molar-refractivity contribution in [2.75, 3.05) is 5.32 Å². The normalized spacial score (nSPS) is 13.3. The molecule has 0 amide bonds. The van der Waals surface area contributed by atoms with E-state index >= 15 is 0 Å². The first-order valence-electron chi connectivity index (χ1n) is 5.40. The van der Waals surface area contributed by atoms with E-state index in [0.717, 1.165) is 12.0 Å². The second-order valence-corrected chi connectivity index (χ2v) is 3.72. The van der Waals surface area contributed by atoms with Gasteiger partial charge in [0.1, 0.15) is 5.82 Å². The van der Waals surface area contributed by atoms with Crippen LogP contribution in [0.25, 0.3) is 0 Å². The van der Waals surface area contributed by atoms with E-state index in [1.54, 1.807) is 24.4 Å². The van der Waals surface area contributed by atoms with Gasteiger partial charge >= 0.3 is 0 Å². The van der Waals surface area contributed by atoms with Gasteiger partial charge in [0.05, 0.1) is 5.69 Å². The molecule has 1 atom stereocenters. The molecular weight excluding hydrogens is 203 g/mol. The lowest BCUT2D eigenvalue weighted by Crippen LogP contribution is -2.02. The molecule has 0 bridgehead atoms. The number of rotatable bonds is 5. The van der Waals surface area contributed by atoms with E-state index in [4.69, 9.17) is 5.41 Å². The van der Waals surface area contributed by atoms with E-state index in [-0.39, 0.29) is 5.82 Å². The van der Waals surface area contributed by atoms with Crippen LogP contribution >= 0.6 is 0 Å². The maximum atomic E-state index is 13.3. The van der Waals surface area contributed by atoms with Crippen molar-refractivity contribution in [3.8, 4) is 0 Å². The lowest BCUT2D eigenvalue weighted by molar-refractivity contribution is 0.631. The van der Waals surface area contributed by atoms with Crippen LogP contribution in [-0.2, 0) is 0 Å². The number of hydrogen-bond acceptors (Lipinski definition) is 2. The zero-order valence-electron chi connectivity index (χ0n) is 9.63. The summed E-state index contributed by atoms with van der Waals surface area (Å²) in [4.78, 5) is 0. The zero-order chi connectivity index (χ0) is 12.0. The minimum absolute atomic E-state index is 0.285. The molecule has 16 heavy (non-hydrogen) atoms. The fraction of sp³-hybridized carbons (Fsp3) is 0.308. The van der Waals surface area contributed by atoms with E-state index in [9.17, 15) is 4.39 Å². The van der Waals surface area contributed by atoms with Crippen LogP contribution in [0.1, 0.15) is 20.3 Å². The third-order valence-corrected chi connectivity index (χ3v) is 2.62. The lowest BCUT2D eigenvalue weighted by atomic mass is 10.0. The van der Waals surface area contributed by atoms with Crippen LogP contribution in [0.4, 0.5) is 10.1 Å². The molecule has 1 aromatic carbocycles. The first-order chi connectivity index (χ1) is 7.69. The first kappa shape index (κ1) is 12.4. The Labute approximate surface area is 95.7 Å². The summed E-state index contributed by atoms with van der Waals surface area (Å²) in [7, 11) is 0. The van der Waals surface area contributed by atoms with Crippen molar-refractivity contribution >= 4 is 11.9 Å². The summed E-state index contributed by atoms with van der Waals surface area (Å²) in [5, 5.41) is 10.2. The molecule has 2 nitrogen and oxygen atoms in total. The van der Waals surface area contributed by atoms with Gasteiger partial charge in [-0.2, -0.15) is 0 Å². The predicted molar refractivity (Wildman–Crippen MR) is 66.3 cm³/mol. The minimum atomic E-state index is -0.285. The summed E-state index contributed by atoms with van der Waals surface area (Å²) < 4.78 is 13.3. The average Bonchev–Trinajstić information content (AvgIpc) is 2.31. The van der Waals surface area contributed by atoms with Crippen molar-refractivity contribution in [2.24, 2.45) is 5.92 Å². The molecule has 1 rings (SSSR count). The molecular formula is C13H17FN2. The molecule has 86 valence electrons. The Balaban J connectivity index is 2.78. The highest BCUT2D eigenvalue weighted by molar-refractivity contribution is 5.77. The molecule has 0 unspecified atom stereocenters. The summed E-state index contributed by atoms with van der Waals surface area (Å²) in [6.45, 7) is 4.10. The molecule has 0 spiro atoms. The molecule has 0 saturated carbocycles. The third-order valence-electron chi connectivity index (χ3n) is 2.62. The highest BCUT2D eigenvalue weighted by Crippen LogP contribution is 2.15. The Morgan fingerprint density at radius 1 is 1.50 bits per heavy atom. The number of para-hydroxylation sites is 1. The Morgan fingerprint density at radius 3 is 2.75 bits per heavy atom. The van der Waals surface area contributed by atoms with Crippen molar-refractivity contribution in [3.63, 3.8) is 0 Å². The summed E-state index contributed by atoms with van der Waals surface area (Å²) in [5.41, 5.74) is 1.30. The van der Waals surface area contributed by atoms with Gasteiger partial charge in [-0.1, -0.05) is 26.0 Å². The number of allylic oxidation sites excluding steroid dienone is 1. The van der Waals surface area contributed by atoms with E-state index in [0.29, 0.717) is 11.6 Å². The molecule has 0 aromatic heterocycles. The van der Waals surface area contributed by atoms with Gasteiger partial charge < -0.3 is 10.7 Å². The molecule has 2 N–H and O–H groups in total. The number of benzene rings is 1. The molecule has 0 radical (unpaired) electrons. The lowest BCUT2D eigenvalue weighted by Gasteiger charge is -2.10. The van der Waals surface area contributed by atoms with Gasteiger partial charge in [0.25, 0.3) is 0 Å². The van der Waals surface area contributed by atoms with Crippen LogP contribution in [-0.4, -0.2) is 6.21 Å². The van der Waals surface area contributed by atoms with Gasteiger partial charge in [-0.15, -0.1) is 0 Å². The quantitative estimate of drug-likeness (QED) is 0.727. The smallest absolute Gasteiger partial charge is 0.146 e. The fourth-order valence-corrected chi connectivity index (χ4v) is 1.30. The Kier molecular flexibility index (Phi) is 4.70. The van der Waals surface area contributed by atoms with E-state index in [1.807, 2.05) is 6.92 Å². The number of nitrogens with one attached hydrogen (secondary N) is 2. The number of halogens is 1. The monoisotopic (exact) mass is 220 g/mol. The molecule has 1 aromatic rings. The average molecular weight is 220 g/mol. The Bertz CT molecular complexity index is 385. The van der Waals surface area contributed by atoms with Crippen molar-refractivity contribution in [1.29, 1.82) is 5.41 Å². The van der Waals surface area contributed by atoms with Gasteiger partial charge in [0.15, 0.2) is 0 Å². The van der Waals surface area contributed by atoms with Gasteiger partial charge in [0.2, 0.25) is 0 Å². The highest BCUT2D eigenvalue weighted by Gasteiger charge is 2.04. The van der Waals surface area contributed by atoms with Crippen LogP contribution in [0.15, 0.2) is 36.0 Å². The minimum Gasteiger partial charge on any atom is -0.359 e. The van der Waals surface area contributed by atoms with Crippen molar-refractivity contribution < 1.29 is 4.39 Å². The molecule has 0 aliphatic heterocycles. The van der Waals surface area contributed by atoms with Crippen LogP contribution in [0.3, 0.4) is 0 Å². The summed E-state index contributed by atoms with van der Waals surface area (Å²) in [6, 6.07) is 6.50. The molecule has 3 heteroatoms. The van der Waals surface area contributed by atoms with Crippen LogP contribution in [0, 0.1) is 17.1 Å². The molecule has 0 heterocycles. The van der Waals surface area contributed by atoms with Crippen LogP contribution in [0.2, 0.25) is 0 Å². The fourth-order valence-electron chi connectivity index (χ4n) is 1.30. The van der Waals surface area contributed by atoms with Crippen molar-refractivity contribution in [1.82, 2.24) is 0 Å². The van der Waals surface area contributed by atoms with Crippen LogP contribution in [0.5, 0.6) is 0 Å². The largest absolute Gasteiger partial charge is 0.359 e. The van der Waals surface area contributed by atoms with E-state index in [2.05, 4.69) is 12.2 Å². The molecule has 0 fully saturated rings. The zero-order valence-corrected chi connectivity index (χ0v) is 9.63. The SMILES string of the molecule is CC[C@@H](C)/C(C=N)=C/Nc1ccccc1F. The van der Waals surface area contributed by atoms with Crippen LogP contribution < -0.4 is 5.32 Å². The maximum absolute atomic E-state index is 13.3. The topological polar surface area (TPSA) is 35.9 Å². The van der Waals surface area contributed by atoms with Gasteiger partial charge in [0, 0.05) is 12.4 Å². The summed E-state index contributed by atoms with van der Waals surface area (Å²) >= 11 is 0. The second kappa shape index (κ2) is 6.05. The van der Waals surface area contributed by atoms with Gasteiger partial charge in [-0.05, 0) is 30.0 Å². The van der Waals surface area contributed by atoms with Crippen molar-refractivity contribution in [2.45, 2.75) is 20.3 Å².